The largest absolute Gasteiger partial charge is 0.507 e. The number of nitrogens with zero attached hydrogens (tertiary/aromatic N) is 3. The Labute approximate surface area is 257 Å². The Kier molecular flexibility index (Phi) is 8.58. The normalized spacial score (nSPS) is 10.6. The average Bonchev–Trinajstić information content (AvgIpc) is 3.47. The van der Waals surface area contributed by atoms with Crippen LogP contribution in [0.5, 0.6) is 5.75 Å². The van der Waals surface area contributed by atoms with Gasteiger partial charge in [-0.25, -0.2) is 9.37 Å². The third-order valence-electron chi connectivity index (χ3n) is 6.94. The topological polar surface area (TPSA) is 50.9 Å². The Bertz CT molecular complexity index is 1980. The minimum atomic E-state index is -0.199. The predicted octanol–water partition coefficient (Wildman–Crippen LogP) is 8.85. The zero-order valence-electron chi connectivity index (χ0n) is 23.0. The Morgan fingerprint density at radius 1 is 0.762 bits per heavy atom. The van der Waals surface area contributed by atoms with Gasteiger partial charge in [-0.2, -0.15) is 0 Å². The van der Waals surface area contributed by atoms with E-state index in [0.29, 0.717) is 5.39 Å². The summed E-state index contributed by atoms with van der Waals surface area (Å²) in [4.78, 5) is 8.91. The second-order valence-corrected chi connectivity index (χ2v) is 9.89. The standard InChI is InChI=1S/C21H15FN.C15H12N2O.Ir/c1-13-9-14(2)11-16(10-13)21-20-15(7-8-23-21)12-19(22)17-5-3-4-6-18(17)20;18-14-9-5-4-8-13(14)15-16-10-11-17(15)12-6-2-1-3-7-12;/h3-10,12H,1-2H3;1-11,18H;/q-1;;. The molecule has 0 fully saturated rings. The summed E-state index contributed by atoms with van der Waals surface area (Å²) in [6.45, 7) is 4.09. The summed E-state index contributed by atoms with van der Waals surface area (Å²) in [6, 6.07) is 35.7. The Morgan fingerprint density at radius 3 is 2.24 bits per heavy atom. The molecule has 2 aromatic heterocycles. The second kappa shape index (κ2) is 12.5. The van der Waals surface area contributed by atoms with Gasteiger partial charge in [-0.05, 0) is 58.3 Å². The molecule has 0 aliphatic rings. The Morgan fingerprint density at radius 2 is 1.48 bits per heavy atom. The first-order valence-electron chi connectivity index (χ1n) is 13.3. The van der Waals surface area contributed by atoms with E-state index in [9.17, 15) is 9.50 Å². The number of para-hydroxylation sites is 2. The summed E-state index contributed by atoms with van der Waals surface area (Å²) in [5, 5.41) is 13.2. The molecule has 0 aliphatic carbocycles. The molecular formula is C36H27FIrN3O-. The number of aromatic nitrogens is 3. The second-order valence-electron chi connectivity index (χ2n) is 9.89. The number of rotatable bonds is 3. The molecule has 0 atom stereocenters. The molecule has 1 N–H and O–H groups in total. The van der Waals surface area contributed by atoms with Gasteiger partial charge in [-0.15, -0.1) is 34.9 Å². The van der Waals surface area contributed by atoms with Crippen molar-refractivity contribution in [1.29, 1.82) is 0 Å². The third-order valence-corrected chi connectivity index (χ3v) is 6.94. The van der Waals surface area contributed by atoms with Gasteiger partial charge in [0, 0.05) is 49.8 Å². The van der Waals surface area contributed by atoms with Crippen molar-refractivity contribution in [1.82, 2.24) is 14.5 Å². The van der Waals surface area contributed by atoms with Gasteiger partial charge in [0.15, 0.2) is 0 Å². The molecule has 0 spiro atoms. The average molecular weight is 729 g/mol. The molecule has 0 aliphatic heterocycles. The first-order valence-corrected chi connectivity index (χ1v) is 13.3. The van der Waals surface area contributed by atoms with Crippen molar-refractivity contribution in [2.75, 3.05) is 0 Å². The van der Waals surface area contributed by atoms with Crippen molar-refractivity contribution in [2.45, 2.75) is 13.8 Å². The maximum Gasteiger partial charge on any atom is 0.148 e. The fourth-order valence-electron chi connectivity index (χ4n) is 5.19. The van der Waals surface area contributed by atoms with Crippen molar-refractivity contribution in [2.24, 2.45) is 0 Å². The molecule has 2 heterocycles. The maximum absolute atomic E-state index is 14.4. The number of fused-ring (bicyclic) bond motifs is 3. The van der Waals surface area contributed by atoms with E-state index in [4.69, 9.17) is 0 Å². The van der Waals surface area contributed by atoms with Crippen LogP contribution in [0.2, 0.25) is 0 Å². The van der Waals surface area contributed by atoms with Crippen LogP contribution < -0.4 is 0 Å². The smallest absolute Gasteiger partial charge is 0.148 e. The van der Waals surface area contributed by atoms with E-state index in [2.05, 4.69) is 35.1 Å². The molecule has 0 bridgehead atoms. The third kappa shape index (κ3) is 5.73. The molecule has 0 saturated heterocycles. The minimum absolute atomic E-state index is 0. The van der Waals surface area contributed by atoms with Gasteiger partial charge in [-0.1, -0.05) is 68.4 Å². The summed E-state index contributed by atoms with van der Waals surface area (Å²) in [5.41, 5.74) is 5.79. The number of aromatic hydroxyl groups is 1. The SMILES string of the molecule is Cc1[c-]c(-c2nccc3cc(F)c4ccccc4c23)cc(C)c1.Oc1ccccc1-c1nccn1-c1ccccc1.[Ir]. The summed E-state index contributed by atoms with van der Waals surface area (Å²) in [5.74, 6) is 0.773. The van der Waals surface area contributed by atoms with Crippen molar-refractivity contribution in [3.05, 3.63) is 145 Å². The monoisotopic (exact) mass is 729 g/mol. The Balaban J connectivity index is 0.000000169. The number of aryl methyl sites for hydroxylation is 2. The molecule has 42 heavy (non-hydrogen) atoms. The number of hydrogen-bond acceptors (Lipinski definition) is 3. The molecule has 1 radical (unpaired) electrons. The molecular weight excluding hydrogens is 702 g/mol. The molecule has 7 aromatic rings. The van der Waals surface area contributed by atoms with Crippen LogP contribution in [-0.4, -0.2) is 19.6 Å². The van der Waals surface area contributed by atoms with Crippen LogP contribution in [0.25, 0.3) is 49.9 Å². The van der Waals surface area contributed by atoms with Crippen molar-refractivity contribution < 1.29 is 29.6 Å². The van der Waals surface area contributed by atoms with Crippen molar-refractivity contribution >= 4 is 21.5 Å². The quantitative estimate of drug-likeness (QED) is 0.146. The summed E-state index contributed by atoms with van der Waals surface area (Å²) in [7, 11) is 0. The maximum atomic E-state index is 14.4. The van der Waals surface area contributed by atoms with E-state index in [1.807, 2.05) is 90.5 Å². The van der Waals surface area contributed by atoms with E-state index in [-0.39, 0.29) is 31.7 Å². The van der Waals surface area contributed by atoms with E-state index in [1.54, 1.807) is 30.6 Å². The molecule has 7 rings (SSSR count). The van der Waals surface area contributed by atoms with Gasteiger partial charge in [-0.3, -0.25) is 4.57 Å². The van der Waals surface area contributed by atoms with E-state index in [1.165, 1.54) is 5.56 Å². The number of halogens is 1. The number of benzene rings is 5. The summed E-state index contributed by atoms with van der Waals surface area (Å²) >= 11 is 0. The number of pyridine rings is 1. The van der Waals surface area contributed by atoms with Crippen LogP contribution in [-0.2, 0) is 20.1 Å². The first-order chi connectivity index (χ1) is 20.0. The zero-order chi connectivity index (χ0) is 28.3. The number of phenols is 1. The van der Waals surface area contributed by atoms with Gasteiger partial charge in [0.1, 0.15) is 17.4 Å². The summed E-state index contributed by atoms with van der Waals surface area (Å²) in [6.07, 6.45) is 5.35. The van der Waals surface area contributed by atoms with E-state index < -0.39 is 0 Å². The first kappa shape index (κ1) is 28.9. The van der Waals surface area contributed by atoms with Crippen molar-refractivity contribution in [3.63, 3.8) is 0 Å². The molecule has 0 unspecified atom stereocenters. The van der Waals surface area contributed by atoms with Crippen LogP contribution in [0.3, 0.4) is 0 Å². The summed E-state index contributed by atoms with van der Waals surface area (Å²) < 4.78 is 16.3. The van der Waals surface area contributed by atoms with Crippen LogP contribution in [0.1, 0.15) is 11.1 Å². The molecule has 0 amide bonds. The van der Waals surface area contributed by atoms with Gasteiger partial charge in [0.05, 0.1) is 5.56 Å². The number of imidazole rings is 1. The molecule has 0 saturated carbocycles. The minimum Gasteiger partial charge on any atom is -0.507 e. The number of phenolic OH excluding ortho intramolecular Hbond substituents is 1. The molecule has 209 valence electrons. The Hall–Kier alpha value is -4.64. The fraction of sp³-hybridized carbons (Fsp3) is 0.0556. The van der Waals surface area contributed by atoms with Gasteiger partial charge in [0.25, 0.3) is 0 Å². The fourth-order valence-corrected chi connectivity index (χ4v) is 5.19. The van der Waals surface area contributed by atoms with E-state index in [0.717, 1.165) is 50.1 Å². The molecule has 4 nitrogen and oxygen atoms in total. The molecule has 5 aromatic carbocycles. The van der Waals surface area contributed by atoms with Gasteiger partial charge < -0.3 is 10.1 Å². The van der Waals surface area contributed by atoms with Crippen molar-refractivity contribution in [3.8, 4) is 34.1 Å². The zero-order valence-corrected chi connectivity index (χ0v) is 25.4. The van der Waals surface area contributed by atoms with Gasteiger partial charge in [0.2, 0.25) is 0 Å². The van der Waals surface area contributed by atoms with Crippen LogP contribution >= 0.6 is 0 Å². The van der Waals surface area contributed by atoms with Crippen LogP contribution in [0, 0.1) is 25.7 Å². The molecule has 6 heteroatoms. The van der Waals surface area contributed by atoms with E-state index >= 15 is 0 Å². The number of hydrogen-bond donors (Lipinski definition) is 1. The van der Waals surface area contributed by atoms with Gasteiger partial charge >= 0.3 is 0 Å². The predicted molar refractivity (Wildman–Crippen MR) is 164 cm³/mol. The van der Waals surface area contributed by atoms with Crippen LogP contribution in [0.15, 0.2) is 122 Å². The van der Waals surface area contributed by atoms with Crippen LogP contribution in [0.4, 0.5) is 4.39 Å².